The fourth-order valence-electron chi connectivity index (χ4n) is 4.47. The molecule has 164 valence electrons. The zero-order chi connectivity index (χ0) is 22.3. The summed E-state index contributed by atoms with van der Waals surface area (Å²) in [5.74, 6) is -0.582. The summed E-state index contributed by atoms with van der Waals surface area (Å²) >= 11 is 0. The molecule has 0 spiro atoms. The molecule has 3 aromatic rings. The van der Waals surface area contributed by atoms with Gasteiger partial charge in [0.2, 0.25) is 11.8 Å². The monoisotopic (exact) mass is 427 g/mol. The zero-order valence-corrected chi connectivity index (χ0v) is 18.1. The summed E-state index contributed by atoms with van der Waals surface area (Å²) in [6.07, 6.45) is 1.45. The molecule has 5 nitrogen and oxygen atoms in total. The Balaban J connectivity index is 1.51. The number of likely N-dealkylation sites (tertiary alicyclic amines) is 1. The number of amides is 2. The summed E-state index contributed by atoms with van der Waals surface area (Å²) < 4.78 is 0. The number of nitrogens with two attached hydrogens (primary N) is 1. The molecule has 32 heavy (non-hydrogen) atoms. The number of rotatable bonds is 7. The third-order valence-electron chi connectivity index (χ3n) is 6.11. The Morgan fingerprint density at radius 2 is 1.41 bits per heavy atom. The van der Waals surface area contributed by atoms with Gasteiger partial charge in [0.1, 0.15) is 6.04 Å². The number of carbonyl (C=O) groups excluding carboxylic acids is 2. The van der Waals surface area contributed by atoms with Gasteiger partial charge in [0, 0.05) is 19.0 Å². The van der Waals surface area contributed by atoms with Crippen LogP contribution in [0.1, 0.15) is 35.4 Å². The largest absolute Gasteiger partial charge is 0.350 e. The van der Waals surface area contributed by atoms with Crippen molar-refractivity contribution in [1.82, 2.24) is 10.2 Å². The van der Waals surface area contributed by atoms with Gasteiger partial charge in [-0.25, -0.2) is 0 Å². The van der Waals surface area contributed by atoms with Crippen LogP contribution in [-0.4, -0.2) is 35.3 Å². The molecule has 3 aromatic carbocycles. The van der Waals surface area contributed by atoms with E-state index in [2.05, 4.69) is 5.32 Å². The highest BCUT2D eigenvalue weighted by atomic mass is 16.2. The SMILES string of the molecule is N[C@@H](C(=O)N1CCC[C@H]1C(=O)NCc1ccccc1)C(c1ccccc1)c1ccccc1. The second-order valence-electron chi connectivity index (χ2n) is 8.22. The molecule has 0 aliphatic carbocycles. The van der Waals surface area contributed by atoms with Crippen LogP contribution in [0.4, 0.5) is 0 Å². The van der Waals surface area contributed by atoms with Gasteiger partial charge in [-0.05, 0) is 29.5 Å². The van der Waals surface area contributed by atoms with Gasteiger partial charge in [0.25, 0.3) is 0 Å². The highest BCUT2D eigenvalue weighted by Crippen LogP contribution is 2.30. The van der Waals surface area contributed by atoms with Crippen LogP contribution in [0.25, 0.3) is 0 Å². The molecule has 0 aromatic heterocycles. The lowest BCUT2D eigenvalue weighted by Gasteiger charge is -2.31. The van der Waals surface area contributed by atoms with Crippen molar-refractivity contribution in [1.29, 1.82) is 0 Å². The molecule has 2 atom stereocenters. The van der Waals surface area contributed by atoms with Gasteiger partial charge >= 0.3 is 0 Å². The van der Waals surface area contributed by atoms with E-state index in [0.29, 0.717) is 19.5 Å². The third kappa shape index (κ3) is 4.89. The summed E-state index contributed by atoms with van der Waals surface area (Å²) in [7, 11) is 0. The van der Waals surface area contributed by atoms with Crippen LogP contribution in [0.5, 0.6) is 0 Å². The molecule has 1 fully saturated rings. The quantitative estimate of drug-likeness (QED) is 0.606. The van der Waals surface area contributed by atoms with Gasteiger partial charge in [-0.3, -0.25) is 9.59 Å². The maximum atomic E-state index is 13.5. The van der Waals surface area contributed by atoms with Crippen LogP contribution in [0.3, 0.4) is 0 Å². The van der Waals surface area contributed by atoms with E-state index < -0.39 is 12.1 Å². The normalized spacial score (nSPS) is 16.7. The van der Waals surface area contributed by atoms with E-state index in [1.807, 2.05) is 91.0 Å². The van der Waals surface area contributed by atoms with E-state index in [9.17, 15) is 9.59 Å². The molecule has 0 bridgehead atoms. The number of nitrogens with one attached hydrogen (secondary N) is 1. The molecule has 0 radical (unpaired) electrons. The van der Waals surface area contributed by atoms with Crippen LogP contribution in [0.15, 0.2) is 91.0 Å². The van der Waals surface area contributed by atoms with Crippen molar-refractivity contribution < 1.29 is 9.59 Å². The number of nitrogens with zero attached hydrogens (tertiary/aromatic N) is 1. The van der Waals surface area contributed by atoms with Crippen molar-refractivity contribution in [3.63, 3.8) is 0 Å². The van der Waals surface area contributed by atoms with E-state index in [-0.39, 0.29) is 17.7 Å². The minimum Gasteiger partial charge on any atom is -0.350 e. The van der Waals surface area contributed by atoms with E-state index in [0.717, 1.165) is 23.1 Å². The lowest BCUT2D eigenvalue weighted by molar-refractivity contribution is -0.139. The van der Waals surface area contributed by atoms with E-state index >= 15 is 0 Å². The Morgan fingerprint density at radius 1 is 0.875 bits per heavy atom. The molecule has 1 heterocycles. The maximum Gasteiger partial charge on any atom is 0.243 e. The smallest absolute Gasteiger partial charge is 0.243 e. The molecule has 1 aliphatic heterocycles. The maximum absolute atomic E-state index is 13.5. The predicted octanol–water partition coefficient (Wildman–Crippen LogP) is 3.45. The van der Waals surface area contributed by atoms with Crippen molar-refractivity contribution in [2.75, 3.05) is 6.54 Å². The molecule has 0 unspecified atom stereocenters. The van der Waals surface area contributed by atoms with Crippen molar-refractivity contribution in [3.8, 4) is 0 Å². The highest BCUT2D eigenvalue weighted by molar-refractivity contribution is 5.91. The van der Waals surface area contributed by atoms with Crippen LogP contribution in [-0.2, 0) is 16.1 Å². The Labute approximate surface area is 189 Å². The molecular formula is C27H29N3O2. The van der Waals surface area contributed by atoms with Crippen molar-refractivity contribution in [2.24, 2.45) is 5.73 Å². The minimum absolute atomic E-state index is 0.122. The topological polar surface area (TPSA) is 75.4 Å². The number of hydrogen-bond acceptors (Lipinski definition) is 3. The Bertz CT molecular complexity index is 985. The fraction of sp³-hybridized carbons (Fsp3) is 0.259. The molecule has 4 rings (SSSR count). The fourth-order valence-corrected chi connectivity index (χ4v) is 4.47. The molecule has 2 amide bonds. The minimum atomic E-state index is -0.776. The number of benzene rings is 3. The average molecular weight is 428 g/mol. The first kappa shape index (κ1) is 21.8. The standard InChI is InChI=1S/C27H29N3O2/c28-25(24(21-13-6-2-7-14-21)22-15-8-3-9-16-22)27(32)30-18-10-17-23(30)26(31)29-19-20-11-4-1-5-12-20/h1-9,11-16,23-25H,10,17-19,28H2,(H,29,31)/t23-,25+/m0/s1. The number of hydrogen-bond donors (Lipinski definition) is 2. The summed E-state index contributed by atoms with van der Waals surface area (Å²) in [5, 5.41) is 2.98. The average Bonchev–Trinajstić information content (AvgIpc) is 3.34. The molecule has 1 saturated heterocycles. The van der Waals surface area contributed by atoms with Crippen LogP contribution in [0, 0.1) is 0 Å². The summed E-state index contributed by atoms with van der Waals surface area (Å²) in [6.45, 7) is 0.993. The van der Waals surface area contributed by atoms with Crippen molar-refractivity contribution >= 4 is 11.8 Å². The zero-order valence-electron chi connectivity index (χ0n) is 18.1. The third-order valence-corrected chi connectivity index (χ3v) is 6.11. The second-order valence-corrected chi connectivity index (χ2v) is 8.22. The summed E-state index contributed by atoms with van der Waals surface area (Å²) in [6, 6.07) is 28.2. The lowest BCUT2D eigenvalue weighted by atomic mass is 9.84. The Hall–Kier alpha value is -3.44. The first-order chi connectivity index (χ1) is 15.6. The first-order valence-electron chi connectivity index (χ1n) is 11.1. The van der Waals surface area contributed by atoms with Gasteiger partial charge < -0.3 is 16.0 Å². The first-order valence-corrected chi connectivity index (χ1v) is 11.1. The van der Waals surface area contributed by atoms with Crippen molar-refractivity contribution in [2.45, 2.75) is 37.4 Å². The number of carbonyl (C=O) groups is 2. The molecule has 5 heteroatoms. The molecule has 0 saturated carbocycles. The van der Waals surface area contributed by atoms with Crippen LogP contribution in [0.2, 0.25) is 0 Å². The summed E-state index contributed by atoms with van der Waals surface area (Å²) in [4.78, 5) is 28.1. The van der Waals surface area contributed by atoms with E-state index in [4.69, 9.17) is 5.73 Å². The predicted molar refractivity (Wildman–Crippen MR) is 126 cm³/mol. The molecular weight excluding hydrogens is 398 g/mol. The van der Waals surface area contributed by atoms with Gasteiger partial charge in [-0.1, -0.05) is 91.0 Å². The van der Waals surface area contributed by atoms with Gasteiger partial charge in [0.05, 0.1) is 6.04 Å². The molecule has 3 N–H and O–H groups in total. The summed E-state index contributed by atoms with van der Waals surface area (Å²) in [5.41, 5.74) is 9.62. The van der Waals surface area contributed by atoms with Gasteiger partial charge in [-0.2, -0.15) is 0 Å². The van der Waals surface area contributed by atoms with Crippen molar-refractivity contribution in [3.05, 3.63) is 108 Å². The Morgan fingerprint density at radius 3 is 1.97 bits per heavy atom. The van der Waals surface area contributed by atoms with Crippen LogP contribution >= 0.6 is 0 Å². The lowest BCUT2D eigenvalue weighted by Crippen LogP contribution is -2.52. The van der Waals surface area contributed by atoms with Gasteiger partial charge in [0.15, 0.2) is 0 Å². The van der Waals surface area contributed by atoms with E-state index in [1.54, 1.807) is 4.90 Å². The Kier molecular flexibility index (Phi) is 6.97. The van der Waals surface area contributed by atoms with Crippen LogP contribution < -0.4 is 11.1 Å². The molecule has 1 aliphatic rings. The second kappa shape index (κ2) is 10.2. The van der Waals surface area contributed by atoms with Gasteiger partial charge in [-0.15, -0.1) is 0 Å². The van der Waals surface area contributed by atoms with E-state index in [1.165, 1.54) is 0 Å². The highest BCUT2D eigenvalue weighted by Gasteiger charge is 2.39.